The number of benzene rings is 2. The molecule has 2 aromatic carbocycles. The van der Waals surface area contributed by atoms with Crippen LogP contribution < -0.4 is 10.1 Å². The molecule has 0 aliphatic rings. The summed E-state index contributed by atoms with van der Waals surface area (Å²) in [5.41, 5.74) is 1.55. The van der Waals surface area contributed by atoms with Gasteiger partial charge in [0, 0.05) is 8.95 Å². The minimum Gasteiger partial charge on any atom is -0.496 e. The van der Waals surface area contributed by atoms with Crippen LogP contribution in [-0.4, -0.2) is 13.0 Å². The van der Waals surface area contributed by atoms with Crippen molar-refractivity contribution in [1.29, 1.82) is 0 Å². The molecule has 0 saturated heterocycles. The maximum Gasteiger partial charge on any atom is 0.255 e. The third-order valence-corrected chi connectivity index (χ3v) is 4.09. The number of hydrogen-bond donors (Lipinski definition) is 1. The largest absolute Gasteiger partial charge is 0.496 e. The van der Waals surface area contributed by atoms with Crippen molar-refractivity contribution in [3.05, 3.63) is 62.5 Å². The molecule has 0 fully saturated rings. The summed E-state index contributed by atoms with van der Waals surface area (Å²) in [6.45, 7) is 1.95. The number of halogens is 2. The Morgan fingerprint density at radius 2 is 1.86 bits per heavy atom. The Balaban J connectivity index is 2.18. The molecule has 2 rings (SSSR count). The first-order valence-electron chi connectivity index (χ1n) is 6.41. The van der Waals surface area contributed by atoms with Crippen LogP contribution in [0.1, 0.15) is 28.9 Å². The molecule has 1 amide bonds. The molecule has 0 spiro atoms. The van der Waals surface area contributed by atoms with E-state index in [1.54, 1.807) is 19.2 Å². The van der Waals surface area contributed by atoms with Gasteiger partial charge in [0.15, 0.2) is 0 Å². The van der Waals surface area contributed by atoms with Crippen LogP contribution in [-0.2, 0) is 0 Å². The molecule has 0 saturated carbocycles. The molecule has 0 radical (unpaired) electrons. The van der Waals surface area contributed by atoms with Crippen molar-refractivity contribution < 1.29 is 9.53 Å². The number of carbonyl (C=O) groups excluding carboxylic acids is 1. The van der Waals surface area contributed by atoms with Gasteiger partial charge < -0.3 is 10.1 Å². The van der Waals surface area contributed by atoms with Gasteiger partial charge >= 0.3 is 0 Å². The molecule has 0 bridgehead atoms. The maximum absolute atomic E-state index is 12.4. The molecule has 1 atom stereocenters. The van der Waals surface area contributed by atoms with Crippen molar-refractivity contribution in [2.24, 2.45) is 0 Å². The van der Waals surface area contributed by atoms with Crippen molar-refractivity contribution in [2.45, 2.75) is 13.0 Å². The molecule has 0 aliphatic carbocycles. The van der Waals surface area contributed by atoms with Gasteiger partial charge in [-0.1, -0.05) is 44.0 Å². The minimum absolute atomic E-state index is 0.0941. The fraction of sp³-hybridized carbons (Fsp3) is 0.188. The van der Waals surface area contributed by atoms with E-state index in [2.05, 4.69) is 37.2 Å². The van der Waals surface area contributed by atoms with E-state index in [0.717, 1.165) is 14.5 Å². The van der Waals surface area contributed by atoms with E-state index in [0.29, 0.717) is 11.3 Å². The number of hydrogen-bond acceptors (Lipinski definition) is 2. The smallest absolute Gasteiger partial charge is 0.255 e. The zero-order valence-electron chi connectivity index (χ0n) is 11.7. The Labute approximate surface area is 141 Å². The summed E-state index contributed by atoms with van der Waals surface area (Å²) in [4.78, 5) is 12.4. The second-order valence-corrected chi connectivity index (χ2v) is 6.43. The van der Waals surface area contributed by atoms with Crippen LogP contribution in [0.15, 0.2) is 51.4 Å². The summed E-state index contributed by atoms with van der Waals surface area (Å²) in [5, 5.41) is 2.98. The first-order chi connectivity index (χ1) is 10.0. The average Bonchev–Trinajstić information content (AvgIpc) is 2.46. The van der Waals surface area contributed by atoms with Gasteiger partial charge in [0.1, 0.15) is 5.75 Å². The van der Waals surface area contributed by atoms with Crippen molar-refractivity contribution in [1.82, 2.24) is 5.32 Å². The molecular weight excluding hydrogens is 398 g/mol. The second-order valence-electron chi connectivity index (χ2n) is 4.59. The van der Waals surface area contributed by atoms with E-state index in [1.807, 2.05) is 37.3 Å². The van der Waals surface area contributed by atoms with Crippen molar-refractivity contribution in [3.63, 3.8) is 0 Å². The molecule has 21 heavy (non-hydrogen) atoms. The molecule has 0 heterocycles. The molecule has 3 nitrogen and oxygen atoms in total. The number of nitrogens with one attached hydrogen (secondary N) is 1. The van der Waals surface area contributed by atoms with Gasteiger partial charge in [-0.25, -0.2) is 0 Å². The molecule has 0 aromatic heterocycles. The van der Waals surface area contributed by atoms with Crippen molar-refractivity contribution in [3.8, 4) is 5.75 Å². The molecule has 2 aromatic rings. The number of amides is 1. The Bertz CT molecular complexity index is 658. The van der Waals surface area contributed by atoms with Crippen LogP contribution in [0.2, 0.25) is 0 Å². The van der Waals surface area contributed by atoms with Gasteiger partial charge in [-0.3, -0.25) is 4.79 Å². The van der Waals surface area contributed by atoms with Gasteiger partial charge in [-0.15, -0.1) is 0 Å². The molecule has 110 valence electrons. The third kappa shape index (κ3) is 4.08. The maximum atomic E-state index is 12.4. The highest BCUT2D eigenvalue weighted by Crippen LogP contribution is 2.24. The van der Waals surface area contributed by atoms with Crippen LogP contribution >= 0.6 is 31.9 Å². The number of rotatable bonds is 4. The summed E-state index contributed by atoms with van der Waals surface area (Å²) in [6.07, 6.45) is 0. The summed E-state index contributed by atoms with van der Waals surface area (Å²) >= 11 is 6.80. The molecule has 1 N–H and O–H groups in total. The van der Waals surface area contributed by atoms with Crippen molar-refractivity contribution in [2.75, 3.05) is 7.11 Å². The summed E-state index contributed by atoms with van der Waals surface area (Å²) < 4.78 is 7.11. The first-order valence-corrected chi connectivity index (χ1v) is 7.99. The standard InChI is InChI=1S/C16H15Br2NO2/c1-10(11-4-3-5-12(17)8-11)19-16(20)14-7-6-13(18)9-15(14)21-2/h3-10H,1-2H3,(H,19,20). The van der Waals surface area contributed by atoms with Crippen molar-refractivity contribution >= 4 is 37.8 Å². The number of carbonyl (C=O) groups is 1. The first kappa shape index (κ1) is 16.0. The highest BCUT2D eigenvalue weighted by atomic mass is 79.9. The number of methoxy groups -OCH3 is 1. The Morgan fingerprint density at radius 1 is 1.14 bits per heavy atom. The summed E-state index contributed by atoms with van der Waals surface area (Å²) in [6, 6.07) is 13.1. The van der Waals surface area contributed by atoms with E-state index in [9.17, 15) is 4.79 Å². The van der Waals surface area contributed by atoms with Gasteiger partial charge in [0.05, 0.1) is 18.7 Å². The van der Waals surface area contributed by atoms with Gasteiger partial charge in [0.25, 0.3) is 5.91 Å². The van der Waals surface area contributed by atoms with Crippen LogP contribution in [0, 0.1) is 0 Å². The fourth-order valence-electron chi connectivity index (χ4n) is 1.99. The minimum atomic E-state index is -0.160. The van der Waals surface area contributed by atoms with Crippen LogP contribution in [0.3, 0.4) is 0 Å². The monoisotopic (exact) mass is 411 g/mol. The van der Waals surface area contributed by atoms with E-state index in [4.69, 9.17) is 4.74 Å². The Morgan fingerprint density at radius 3 is 2.52 bits per heavy atom. The van der Waals surface area contributed by atoms with Crippen LogP contribution in [0.4, 0.5) is 0 Å². The molecule has 0 aliphatic heterocycles. The zero-order chi connectivity index (χ0) is 15.4. The fourth-order valence-corrected chi connectivity index (χ4v) is 2.74. The van der Waals surface area contributed by atoms with Gasteiger partial charge in [-0.2, -0.15) is 0 Å². The summed E-state index contributed by atoms with van der Waals surface area (Å²) in [7, 11) is 1.55. The predicted octanol–water partition coefficient (Wildman–Crippen LogP) is 4.71. The lowest BCUT2D eigenvalue weighted by atomic mass is 10.1. The lowest BCUT2D eigenvalue weighted by molar-refractivity contribution is 0.0937. The van der Waals surface area contributed by atoms with E-state index >= 15 is 0 Å². The van der Waals surface area contributed by atoms with E-state index in [1.165, 1.54) is 0 Å². The highest BCUT2D eigenvalue weighted by Gasteiger charge is 2.15. The molecule has 1 unspecified atom stereocenters. The predicted molar refractivity (Wildman–Crippen MR) is 90.7 cm³/mol. The van der Waals surface area contributed by atoms with Crippen LogP contribution in [0.25, 0.3) is 0 Å². The molecular formula is C16H15Br2NO2. The Kier molecular flexibility index (Phi) is 5.42. The van der Waals surface area contributed by atoms with E-state index in [-0.39, 0.29) is 11.9 Å². The SMILES string of the molecule is COc1cc(Br)ccc1C(=O)NC(C)c1cccc(Br)c1. The quantitative estimate of drug-likeness (QED) is 0.789. The number of ether oxygens (including phenoxy) is 1. The van der Waals surface area contributed by atoms with Gasteiger partial charge in [-0.05, 0) is 42.8 Å². The third-order valence-electron chi connectivity index (χ3n) is 3.10. The normalized spacial score (nSPS) is 11.8. The molecule has 5 heteroatoms. The average molecular weight is 413 g/mol. The Hall–Kier alpha value is -1.33. The topological polar surface area (TPSA) is 38.3 Å². The lowest BCUT2D eigenvalue weighted by Gasteiger charge is -2.16. The van der Waals surface area contributed by atoms with E-state index < -0.39 is 0 Å². The lowest BCUT2D eigenvalue weighted by Crippen LogP contribution is -2.27. The second kappa shape index (κ2) is 7.09. The zero-order valence-corrected chi connectivity index (χ0v) is 14.9. The van der Waals surface area contributed by atoms with Gasteiger partial charge in [0.2, 0.25) is 0 Å². The highest BCUT2D eigenvalue weighted by molar-refractivity contribution is 9.10. The van der Waals surface area contributed by atoms with Crippen LogP contribution in [0.5, 0.6) is 5.75 Å². The summed E-state index contributed by atoms with van der Waals surface area (Å²) in [5.74, 6) is 0.384.